The van der Waals surface area contributed by atoms with Gasteiger partial charge in [-0.25, -0.2) is 0 Å². The van der Waals surface area contributed by atoms with Crippen LogP contribution in [0.5, 0.6) is 0 Å². The molecule has 0 bridgehead atoms. The third-order valence-corrected chi connectivity index (χ3v) is 5.62. The van der Waals surface area contributed by atoms with Gasteiger partial charge < -0.3 is 9.47 Å². The third kappa shape index (κ3) is 3.63. The van der Waals surface area contributed by atoms with Crippen LogP contribution in [0.15, 0.2) is 60.8 Å². The molecule has 2 aromatic carbocycles. The molecule has 6 nitrogen and oxygen atoms in total. The van der Waals surface area contributed by atoms with E-state index in [1.54, 1.807) is 0 Å². The van der Waals surface area contributed by atoms with E-state index >= 15 is 0 Å². The smallest absolute Gasteiger partial charge is 0.270 e. The Hall–Kier alpha value is -3.12. The number of amides is 1. The van der Waals surface area contributed by atoms with E-state index in [1.807, 2.05) is 54.4 Å². The number of non-ortho nitro benzene ring substituents is 1. The molecule has 1 atom stereocenters. The van der Waals surface area contributed by atoms with E-state index in [0.717, 1.165) is 29.8 Å². The summed E-state index contributed by atoms with van der Waals surface area (Å²) >= 11 is 6.26. The number of carbonyl (C=O) groups excluding carboxylic acids is 1. The highest BCUT2D eigenvalue weighted by Crippen LogP contribution is 2.34. The van der Waals surface area contributed by atoms with E-state index in [9.17, 15) is 14.9 Å². The van der Waals surface area contributed by atoms with Crippen molar-refractivity contribution in [1.29, 1.82) is 0 Å². The predicted octanol–water partition coefficient (Wildman–Crippen LogP) is 4.99. The number of benzene rings is 2. The van der Waals surface area contributed by atoms with E-state index in [4.69, 9.17) is 11.6 Å². The Labute approximate surface area is 173 Å². The van der Waals surface area contributed by atoms with Gasteiger partial charge in [0.1, 0.15) is 0 Å². The zero-order valence-electron chi connectivity index (χ0n) is 15.9. The second-order valence-corrected chi connectivity index (χ2v) is 7.62. The summed E-state index contributed by atoms with van der Waals surface area (Å²) in [4.78, 5) is 25.8. The molecule has 148 valence electrons. The van der Waals surface area contributed by atoms with Crippen molar-refractivity contribution < 1.29 is 9.72 Å². The highest BCUT2D eigenvalue weighted by Gasteiger charge is 2.32. The van der Waals surface area contributed by atoms with E-state index in [1.165, 1.54) is 18.2 Å². The van der Waals surface area contributed by atoms with Crippen molar-refractivity contribution in [2.75, 3.05) is 6.54 Å². The average molecular weight is 410 g/mol. The van der Waals surface area contributed by atoms with Crippen LogP contribution in [0, 0.1) is 17.0 Å². The number of rotatable bonds is 3. The summed E-state index contributed by atoms with van der Waals surface area (Å²) in [6.45, 7) is 3.41. The van der Waals surface area contributed by atoms with E-state index in [2.05, 4.69) is 4.57 Å². The van der Waals surface area contributed by atoms with E-state index < -0.39 is 4.92 Å². The zero-order valence-corrected chi connectivity index (χ0v) is 16.7. The van der Waals surface area contributed by atoms with Crippen molar-refractivity contribution in [2.45, 2.75) is 25.9 Å². The molecule has 0 radical (unpaired) electrons. The van der Waals surface area contributed by atoms with Crippen molar-refractivity contribution in [3.8, 4) is 0 Å². The van der Waals surface area contributed by atoms with Crippen molar-refractivity contribution in [2.24, 2.45) is 0 Å². The van der Waals surface area contributed by atoms with Crippen molar-refractivity contribution >= 4 is 23.2 Å². The summed E-state index contributed by atoms with van der Waals surface area (Å²) in [6.07, 6.45) is 2.84. The first kappa shape index (κ1) is 19.2. The summed E-state index contributed by atoms with van der Waals surface area (Å²) in [6, 6.07) is 15.9. The van der Waals surface area contributed by atoms with Gasteiger partial charge in [-0.15, -0.1) is 0 Å². The normalized spacial score (nSPS) is 16.2. The molecule has 1 aliphatic heterocycles. The van der Waals surface area contributed by atoms with Gasteiger partial charge in [0.25, 0.3) is 11.6 Å². The van der Waals surface area contributed by atoms with Gasteiger partial charge in [-0.1, -0.05) is 41.4 Å². The number of aromatic nitrogens is 1. The molecule has 0 spiro atoms. The number of carbonyl (C=O) groups is 1. The maximum Gasteiger partial charge on any atom is 0.270 e. The van der Waals surface area contributed by atoms with Crippen LogP contribution >= 0.6 is 11.6 Å². The maximum absolute atomic E-state index is 13.5. The van der Waals surface area contributed by atoms with Crippen molar-refractivity contribution in [1.82, 2.24) is 9.47 Å². The van der Waals surface area contributed by atoms with E-state index in [0.29, 0.717) is 6.54 Å². The minimum Gasteiger partial charge on any atom is -0.349 e. The van der Waals surface area contributed by atoms with Crippen molar-refractivity contribution in [3.63, 3.8) is 0 Å². The zero-order chi connectivity index (χ0) is 20.5. The monoisotopic (exact) mass is 409 g/mol. The molecule has 1 unspecified atom stereocenters. The average Bonchev–Trinajstić information content (AvgIpc) is 3.08. The molecule has 3 aromatic rings. The molecular formula is C22H20ClN3O3. The number of nitro benzene ring substituents is 1. The van der Waals surface area contributed by atoms with Gasteiger partial charge >= 0.3 is 0 Å². The number of aryl methyl sites for hydroxylation is 2. The molecule has 4 rings (SSSR count). The number of halogens is 1. The lowest BCUT2D eigenvalue weighted by molar-refractivity contribution is -0.384. The molecule has 0 saturated carbocycles. The fraction of sp³-hybridized carbons (Fsp3) is 0.227. The summed E-state index contributed by atoms with van der Waals surface area (Å²) in [7, 11) is 0. The number of fused-ring (bicyclic) bond motifs is 1. The summed E-state index contributed by atoms with van der Waals surface area (Å²) < 4.78 is 2.18. The summed E-state index contributed by atoms with van der Waals surface area (Å²) in [5, 5.41) is 11.1. The number of nitrogens with zero attached hydrogens (tertiary/aromatic N) is 3. The van der Waals surface area contributed by atoms with Gasteiger partial charge in [-0.05, 0) is 37.1 Å². The van der Waals surface area contributed by atoms with Crippen LogP contribution in [0.4, 0.5) is 5.69 Å². The van der Waals surface area contributed by atoms with Gasteiger partial charge in [0.15, 0.2) is 0 Å². The van der Waals surface area contributed by atoms with Gasteiger partial charge in [-0.2, -0.15) is 0 Å². The number of hydrogen-bond acceptors (Lipinski definition) is 3. The van der Waals surface area contributed by atoms with Crippen LogP contribution in [0.1, 0.15) is 39.6 Å². The van der Waals surface area contributed by atoms with Crippen LogP contribution in [0.3, 0.4) is 0 Å². The Morgan fingerprint density at radius 1 is 1.14 bits per heavy atom. The van der Waals surface area contributed by atoms with Crippen LogP contribution in [-0.4, -0.2) is 26.8 Å². The standard InChI is InChI=1S/C22H20ClN3O3/c1-15-5-7-16(8-6-15)21-20-4-2-11-24(20)12-3-13-25(21)22(27)18-10-9-17(26(28)29)14-19(18)23/h2,4-11,14,21H,3,12-13H2,1H3. The first-order chi connectivity index (χ1) is 14.0. The minimum atomic E-state index is -0.520. The van der Waals surface area contributed by atoms with Gasteiger partial charge in [0.2, 0.25) is 0 Å². The van der Waals surface area contributed by atoms with Gasteiger partial charge in [0.05, 0.1) is 21.6 Å². The second kappa shape index (κ2) is 7.72. The second-order valence-electron chi connectivity index (χ2n) is 7.21. The molecule has 0 aliphatic carbocycles. The molecule has 7 heteroatoms. The summed E-state index contributed by atoms with van der Waals surface area (Å²) in [5.74, 6) is -0.231. The maximum atomic E-state index is 13.5. The van der Waals surface area contributed by atoms with Gasteiger partial charge in [-0.3, -0.25) is 14.9 Å². The molecule has 0 saturated heterocycles. The van der Waals surface area contributed by atoms with Crippen LogP contribution in [0.2, 0.25) is 5.02 Å². The molecule has 1 amide bonds. The Bertz CT molecular complexity index is 1080. The number of nitro groups is 1. The third-order valence-electron chi connectivity index (χ3n) is 5.30. The summed E-state index contributed by atoms with van der Waals surface area (Å²) in [5.41, 5.74) is 3.34. The molecule has 29 heavy (non-hydrogen) atoms. The molecule has 0 N–H and O–H groups in total. The highest BCUT2D eigenvalue weighted by molar-refractivity contribution is 6.34. The Kier molecular flexibility index (Phi) is 5.11. The minimum absolute atomic E-state index is 0.0893. The van der Waals surface area contributed by atoms with Crippen LogP contribution in [-0.2, 0) is 6.54 Å². The highest BCUT2D eigenvalue weighted by atomic mass is 35.5. The Balaban J connectivity index is 1.79. The Morgan fingerprint density at radius 2 is 1.90 bits per heavy atom. The molecular weight excluding hydrogens is 390 g/mol. The topological polar surface area (TPSA) is 68.4 Å². The molecule has 1 aliphatic rings. The SMILES string of the molecule is Cc1ccc(C2c3cccn3CCCN2C(=O)c2ccc([N+](=O)[O-])cc2Cl)cc1. The lowest BCUT2D eigenvalue weighted by Gasteiger charge is -2.31. The first-order valence-electron chi connectivity index (χ1n) is 9.42. The Morgan fingerprint density at radius 3 is 2.59 bits per heavy atom. The molecule has 1 aromatic heterocycles. The quantitative estimate of drug-likeness (QED) is 0.452. The predicted molar refractivity (Wildman–Crippen MR) is 111 cm³/mol. The molecule has 2 heterocycles. The lowest BCUT2D eigenvalue weighted by Crippen LogP contribution is -2.36. The first-order valence-corrected chi connectivity index (χ1v) is 9.80. The largest absolute Gasteiger partial charge is 0.349 e. The van der Waals surface area contributed by atoms with Crippen LogP contribution in [0.25, 0.3) is 0 Å². The fourth-order valence-electron chi connectivity index (χ4n) is 3.84. The van der Waals surface area contributed by atoms with Crippen molar-refractivity contribution in [3.05, 3.63) is 98.3 Å². The molecule has 0 fully saturated rings. The van der Waals surface area contributed by atoms with E-state index in [-0.39, 0.29) is 28.2 Å². The number of hydrogen-bond donors (Lipinski definition) is 0. The van der Waals surface area contributed by atoms with Gasteiger partial charge in [0, 0.05) is 37.1 Å². The lowest BCUT2D eigenvalue weighted by atomic mass is 9.99. The fourth-order valence-corrected chi connectivity index (χ4v) is 4.10. The van der Waals surface area contributed by atoms with Crippen LogP contribution < -0.4 is 0 Å².